The number of aryl methyl sites for hydroxylation is 3. The van der Waals surface area contributed by atoms with Crippen LogP contribution in [0.5, 0.6) is 0 Å². The van der Waals surface area contributed by atoms with E-state index in [4.69, 9.17) is 11.6 Å². The molecule has 1 saturated heterocycles. The van der Waals surface area contributed by atoms with E-state index >= 15 is 0 Å². The molecule has 0 N–H and O–H groups in total. The van der Waals surface area contributed by atoms with Crippen LogP contribution in [0.1, 0.15) is 40.6 Å². The number of likely N-dealkylation sites (tertiary alicyclic amines) is 1. The summed E-state index contributed by atoms with van der Waals surface area (Å²) in [5.74, 6) is 0.0596. The van der Waals surface area contributed by atoms with Gasteiger partial charge in [-0.3, -0.25) is 9.48 Å². The fourth-order valence-electron chi connectivity index (χ4n) is 3.17. The number of halogens is 1. The van der Waals surface area contributed by atoms with Crippen molar-refractivity contribution < 1.29 is 4.79 Å². The van der Waals surface area contributed by atoms with Gasteiger partial charge in [-0.05, 0) is 31.9 Å². The Hall–Kier alpha value is -1.75. The number of carbonyl (C=O) groups excluding carboxylic acids is 1. The average Bonchev–Trinajstić information content (AvgIpc) is 3.11. The summed E-state index contributed by atoms with van der Waals surface area (Å²) < 4.78 is 3.53. The van der Waals surface area contributed by atoms with E-state index in [2.05, 4.69) is 5.10 Å². The van der Waals surface area contributed by atoms with E-state index in [-0.39, 0.29) is 11.9 Å². The van der Waals surface area contributed by atoms with Crippen LogP contribution < -0.4 is 0 Å². The van der Waals surface area contributed by atoms with E-state index in [1.807, 2.05) is 48.8 Å². The lowest BCUT2D eigenvalue weighted by Gasteiger charge is -2.25. The summed E-state index contributed by atoms with van der Waals surface area (Å²) in [6, 6.07) is 3.77. The summed E-state index contributed by atoms with van der Waals surface area (Å²) in [7, 11) is 3.72. The van der Waals surface area contributed by atoms with Crippen molar-refractivity contribution in [1.82, 2.24) is 19.2 Å². The number of aromatic nitrogens is 3. The molecule has 1 amide bonds. The Morgan fingerprint density at radius 2 is 2.19 bits per heavy atom. The van der Waals surface area contributed by atoms with E-state index in [0.717, 1.165) is 30.6 Å². The number of hydrogen-bond donors (Lipinski definition) is 0. The van der Waals surface area contributed by atoms with Crippen LogP contribution in [0.4, 0.5) is 0 Å². The molecule has 0 saturated carbocycles. The van der Waals surface area contributed by atoms with Gasteiger partial charge in [-0.2, -0.15) is 5.10 Å². The molecule has 0 unspecified atom stereocenters. The number of nitrogens with zero attached hydrogens (tertiary/aromatic N) is 4. The molecule has 6 heteroatoms. The molecule has 0 bridgehead atoms. The summed E-state index contributed by atoms with van der Waals surface area (Å²) in [6.45, 7) is 2.71. The van der Waals surface area contributed by atoms with Crippen LogP contribution in [0, 0.1) is 6.92 Å². The van der Waals surface area contributed by atoms with E-state index < -0.39 is 0 Å². The lowest BCUT2D eigenvalue weighted by Crippen LogP contribution is -2.32. The average molecular weight is 307 g/mol. The van der Waals surface area contributed by atoms with Crippen LogP contribution in [0.15, 0.2) is 18.3 Å². The predicted molar refractivity (Wildman–Crippen MR) is 81.4 cm³/mol. The monoisotopic (exact) mass is 306 g/mol. The molecule has 0 aliphatic carbocycles. The highest BCUT2D eigenvalue weighted by Gasteiger charge is 2.35. The number of carbonyl (C=O) groups is 1. The van der Waals surface area contributed by atoms with Crippen molar-refractivity contribution in [2.75, 3.05) is 6.54 Å². The number of hydrogen-bond acceptors (Lipinski definition) is 2. The van der Waals surface area contributed by atoms with Gasteiger partial charge in [0, 0.05) is 32.4 Å². The fraction of sp³-hybridized carbons (Fsp3) is 0.467. The Labute approximate surface area is 129 Å². The maximum atomic E-state index is 12.8. The Morgan fingerprint density at radius 1 is 1.43 bits per heavy atom. The van der Waals surface area contributed by atoms with E-state index in [1.165, 1.54) is 0 Å². The van der Waals surface area contributed by atoms with Gasteiger partial charge >= 0.3 is 0 Å². The van der Waals surface area contributed by atoms with Gasteiger partial charge in [0.15, 0.2) is 0 Å². The summed E-state index contributed by atoms with van der Waals surface area (Å²) in [4.78, 5) is 14.7. The third kappa shape index (κ3) is 2.25. The van der Waals surface area contributed by atoms with Gasteiger partial charge in [-0.15, -0.1) is 0 Å². The SMILES string of the molecule is Cc1nn(C)c(Cl)c1[C@@H]1CCCN1C(=O)c1cccn1C. The minimum absolute atomic E-state index is 0.0219. The molecule has 0 aromatic carbocycles. The highest BCUT2D eigenvalue weighted by atomic mass is 35.5. The summed E-state index contributed by atoms with van der Waals surface area (Å²) in [5.41, 5.74) is 2.60. The van der Waals surface area contributed by atoms with Gasteiger partial charge in [0.25, 0.3) is 5.91 Å². The Balaban J connectivity index is 1.96. The topological polar surface area (TPSA) is 43.1 Å². The van der Waals surface area contributed by atoms with Crippen LogP contribution >= 0.6 is 11.6 Å². The second kappa shape index (κ2) is 5.22. The van der Waals surface area contributed by atoms with E-state index in [1.54, 1.807) is 4.68 Å². The molecule has 0 radical (unpaired) electrons. The molecule has 2 aromatic heterocycles. The standard InChI is InChI=1S/C15H19ClN4O/c1-10-13(14(16)19(3)17-10)11-6-5-9-20(11)15(21)12-7-4-8-18(12)2/h4,7-8,11H,5-6,9H2,1-3H3/t11-/m0/s1. The van der Waals surface area contributed by atoms with Crippen molar-refractivity contribution in [3.63, 3.8) is 0 Å². The Morgan fingerprint density at radius 3 is 2.76 bits per heavy atom. The molecule has 3 rings (SSSR count). The van der Waals surface area contributed by atoms with Gasteiger partial charge in [-0.25, -0.2) is 0 Å². The zero-order chi connectivity index (χ0) is 15.1. The molecule has 21 heavy (non-hydrogen) atoms. The van der Waals surface area contributed by atoms with Crippen LogP contribution in [0.2, 0.25) is 5.15 Å². The molecular formula is C15H19ClN4O. The van der Waals surface area contributed by atoms with E-state index in [0.29, 0.717) is 10.8 Å². The smallest absolute Gasteiger partial charge is 0.270 e. The first-order valence-corrected chi connectivity index (χ1v) is 7.49. The van der Waals surface area contributed by atoms with Gasteiger partial charge in [0.05, 0.1) is 11.7 Å². The Kier molecular flexibility index (Phi) is 3.53. The highest BCUT2D eigenvalue weighted by Crippen LogP contribution is 2.38. The second-order valence-corrected chi connectivity index (χ2v) is 5.93. The molecule has 3 heterocycles. The maximum absolute atomic E-state index is 12.8. The number of rotatable bonds is 2. The first-order valence-electron chi connectivity index (χ1n) is 7.12. The van der Waals surface area contributed by atoms with Crippen molar-refractivity contribution in [3.05, 3.63) is 40.4 Å². The van der Waals surface area contributed by atoms with Crippen molar-refractivity contribution >= 4 is 17.5 Å². The van der Waals surface area contributed by atoms with Gasteiger partial charge in [-0.1, -0.05) is 11.6 Å². The molecule has 112 valence electrons. The minimum Gasteiger partial charge on any atom is -0.347 e. The molecule has 5 nitrogen and oxygen atoms in total. The first-order chi connectivity index (χ1) is 10.0. The quantitative estimate of drug-likeness (QED) is 0.856. The van der Waals surface area contributed by atoms with Gasteiger partial charge < -0.3 is 9.47 Å². The fourth-order valence-corrected chi connectivity index (χ4v) is 3.47. The summed E-state index contributed by atoms with van der Waals surface area (Å²) >= 11 is 6.38. The van der Waals surface area contributed by atoms with Crippen molar-refractivity contribution in [2.24, 2.45) is 14.1 Å². The molecule has 0 spiro atoms. The lowest BCUT2D eigenvalue weighted by molar-refractivity contribution is 0.0725. The van der Waals surface area contributed by atoms with Crippen molar-refractivity contribution in [3.8, 4) is 0 Å². The summed E-state index contributed by atoms with van der Waals surface area (Å²) in [6.07, 6.45) is 3.81. The molecule has 1 aliphatic heterocycles. The zero-order valence-electron chi connectivity index (χ0n) is 12.5. The third-order valence-electron chi connectivity index (χ3n) is 4.21. The maximum Gasteiger partial charge on any atom is 0.270 e. The minimum atomic E-state index is 0.0219. The first kappa shape index (κ1) is 14.2. The normalized spacial score (nSPS) is 18.5. The summed E-state index contributed by atoms with van der Waals surface area (Å²) in [5, 5.41) is 5.00. The molecule has 1 fully saturated rings. The largest absolute Gasteiger partial charge is 0.347 e. The van der Waals surface area contributed by atoms with Crippen LogP contribution in [0.25, 0.3) is 0 Å². The van der Waals surface area contributed by atoms with Crippen molar-refractivity contribution in [1.29, 1.82) is 0 Å². The van der Waals surface area contributed by atoms with Gasteiger partial charge in [0.1, 0.15) is 10.8 Å². The van der Waals surface area contributed by atoms with Crippen LogP contribution in [0.3, 0.4) is 0 Å². The molecule has 2 aromatic rings. The number of amides is 1. The second-order valence-electron chi connectivity index (χ2n) is 5.57. The zero-order valence-corrected chi connectivity index (χ0v) is 13.3. The predicted octanol–water partition coefficient (Wildman–Crippen LogP) is 2.70. The molecular weight excluding hydrogens is 288 g/mol. The van der Waals surface area contributed by atoms with Crippen LogP contribution in [-0.4, -0.2) is 31.7 Å². The van der Waals surface area contributed by atoms with Gasteiger partial charge in [0.2, 0.25) is 0 Å². The molecule has 1 aliphatic rings. The highest BCUT2D eigenvalue weighted by molar-refractivity contribution is 6.30. The lowest BCUT2D eigenvalue weighted by atomic mass is 10.1. The van der Waals surface area contributed by atoms with Crippen LogP contribution in [-0.2, 0) is 14.1 Å². The third-order valence-corrected chi connectivity index (χ3v) is 4.65. The Bertz CT molecular complexity index is 688. The molecule has 1 atom stereocenters. The van der Waals surface area contributed by atoms with E-state index in [9.17, 15) is 4.79 Å². The van der Waals surface area contributed by atoms with Crippen molar-refractivity contribution in [2.45, 2.75) is 25.8 Å².